The first-order valence-electron chi connectivity index (χ1n) is 8.73. The van der Waals surface area contributed by atoms with E-state index in [1.807, 2.05) is 31.2 Å². The third-order valence-corrected chi connectivity index (χ3v) is 4.63. The molecule has 0 saturated carbocycles. The largest absolute Gasteiger partial charge is 0.365 e. The summed E-state index contributed by atoms with van der Waals surface area (Å²) in [5, 5.41) is 10.9. The van der Waals surface area contributed by atoms with Gasteiger partial charge in [-0.25, -0.2) is 9.07 Å². The lowest BCUT2D eigenvalue weighted by molar-refractivity contribution is -0.00177. The second kappa shape index (κ2) is 7.28. The Kier molecular flexibility index (Phi) is 4.68. The monoisotopic (exact) mass is 366 g/mol. The van der Waals surface area contributed by atoms with Gasteiger partial charge in [0.25, 0.3) is 5.91 Å². The third-order valence-electron chi connectivity index (χ3n) is 4.63. The summed E-state index contributed by atoms with van der Waals surface area (Å²) >= 11 is 0. The number of hydrogen-bond donors (Lipinski definition) is 1. The number of ether oxygens (including phenoxy) is 1. The minimum absolute atomic E-state index is 0.116. The second-order valence-corrected chi connectivity index (χ2v) is 6.59. The molecule has 0 radical (unpaired) electrons. The molecule has 1 amide bonds. The molecule has 1 aliphatic heterocycles. The molecule has 6 nitrogen and oxygen atoms in total. The van der Waals surface area contributed by atoms with Crippen LogP contribution in [-0.2, 0) is 24.4 Å². The van der Waals surface area contributed by atoms with Gasteiger partial charge in [0.15, 0.2) is 5.69 Å². The Morgan fingerprint density at radius 3 is 2.70 bits per heavy atom. The molecule has 2 heterocycles. The molecule has 1 aromatic heterocycles. The van der Waals surface area contributed by atoms with Gasteiger partial charge in [0.2, 0.25) is 0 Å². The average Bonchev–Trinajstić information content (AvgIpc) is 3.11. The van der Waals surface area contributed by atoms with Gasteiger partial charge in [-0.05, 0) is 30.2 Å². The number of aromatic nitrogens is 3. The van der Waals surface area contributed by atoms with E-state index in [9.17, 15) is 9.18 Å². The standard InChI is InChI=1S/C20H19FN4O2/c1-13-2-6-15(7-3-13)18-11-25-17(12-27-18)19(23-24-25)20(26)22-10-14-4-8-16(21)9-5-14/h2-9,18H,10-12H2,1H3,(H,22,26)/t18-/m0/s1. The van der Waals surface area contributed by atoms with Crippen LogP contribution in [0.2, 0.25) is 0 Å². The van der Waals surface area contributed by atoms with Gasteiger partial charge in [-0.2, -0.15) is 0 Å². The van der Waals surface area contributed by atoms with Gasteiger partial charge in [0.1, 0.15) is 11.9 Å². The van der Waals surface area contributed by atoms with Gasteiger partial charge >= 0.3 is 0 Å². The normalized spacial score (nSPS) is 16.0. The fourth-order valence-electron chi connectivity index (χ4n) is 3.04. The van der Waals surface area contributed by atoms with Crippen LogP contribution in [0.4, 0.5) is 4.39 Å². The molecule has 27 heavy (non-hydrogen) atoms. The summed E-state index contributed by atoms with van der Waals surface area (Å²) in [6.45, 7) is 3.11. The van der Waals surface area contributed by atoms with Gasteiger partial charge in [0, 0.05) is 6.54 Å². The van der Waals surface area contributed by atoms with E-state index in [1.165, 1.54) is 17.7 Å². The molecule has 0 unspecified atom stereocenters. The molecule has 0 spiro atoms. The summed E-state index contributed by atoms with van der Waals surface area (Å²) in [4.78, 5) is 12.5. The van der Waals surface area contributed by atoms with Gasteiger partial charge in [0.05, 0.1) is 18.8 Å². The molecule has 1 aliphatic rings. The maximum absolute atomic E-state index is 12.9. The van der Waals surface area contributed by atoms with Crippen molar-refractivity contribution < 1.29 is 13.9 Å². The molecule has 0 aliphatic carbocycles. The van der Waals surface area contributed by atoms with Gasteiger partial charge in [-0.15, -0.1) is 5.10 Å². The maximum atomic E-state index is 12.9. The lowest BCUT2D eigenvalue weighted by atomic mass is 10.1. The zero-order valence-electron chi connectivity index (χ0n) is 14.9. The van der Waals surface area contributed by atoms with Crippen molar-refractivity contribution in [2.75, 3.05) is 0 Å². The van der Waals surface area contributed by atoms with Crippen LogP contribution in [0.3, 0.4) is 0 Å². The summed E-state index contributed by atoms with van der Waals surface area (Å²) in [5.41, 5.74) is 4.00. The Hall–Kier alpha value is -3.06. The first-order valence-corrected chi connectivity index (χ1v) is 8.73. The zero-order valence-corrected chi connectivity index (χ0v) is 14.9. The summed E-state index contributed by atoms with van der Waals surface area (Å²) in [5.74, 6) is -0.629. The minimum Gasteiger partial charge on any atom is -0.365 e. The molecule has 0 fully saturated rings. The molecule has 1 N–H and O–H groups in total. The fraction of sp³-hybridized carbons (Fsp3) is 0.250. The summed E-state index contributed by atoms with van der Waals surface area (Å²) in [6, 6.07) is 14.2. The maximum Gasteiger partial charge on any atom is 0.274 e. The van der Waals surface area contributed by atoms with Crippen molar-refractivity contribution in [1.29, 1.82) is 0 Å². The van der Waals surface area contributed by atoms with Crippen LogP contribution in [0.5, 0.6) is 0 Å². The average molecular weight is 366 g/mol. The van der Waals surface area contributed by atoms with E-state index in [-0.39, 0.29) is 36.7 Å². The van der Waals surface area contributed by atoms with Crippen molar-refractivity contribution in [2.45, 2.75) is 32.7 Å². The van der Waals surface area contributed by atoms with E-state index in [1.54, 1.807) is 16.8 Å². The van der Waals surface area contributed by atoms with Crippen molar-refractivity contribution in [1.82, 2.24) is 20.3 Å². The van der Waals surface area contributed by atoms with Crippen LogP contribution in [-0.4, -0.2) is 20.9 Å². The summed E-state index contributed by atoms with van der Waals surface area (Å²) in [6.07, 6.45) is -0.116. The molecule has 0 bridgehead atoms. The van der Waals surface area contributed by atoms with Gasteiger partial charge < -0.3 is 10.1 Å². The molecular formula is C20H19FN4O2. The number of carbonyl (C=O) groups is 1. The number of benzene rings is 2. The molecule has 1 atom stereocenters. The number of nitrogens with zero attached hydrogens (tertiary/aromatic N) is 3. The number of rotatable bonds is 4. The second-order valence-electron chi connectivity index (χ2n) is 6.59. The van der Waals surface area contributed by atoms with Crippen LogP contribution in [0.15, 0.2) is 48.5 Å². The van der Waals surface area contributed by atoms with E-state index >= 15 is 0 Å². The van der Waals surface area contributed by atoms with Crippen molar-refractivity contribution in [3.8, 4) is 0 Å². The molecule has 138 valence electrons. The lowest BCUT2D eigenvalue weighted by Crippen LogP contribution is -2.27. The summed E-state index contributed by atoms with van der Waals surface area (Å²) < 4.78 is 20.6. The van der Waals surface area contributed by atoms with E-state index in [0.717, 1.165) is 11.1 Å². The van der Waals surface area contributed by atoms with Crippen LogP contribution in [0.25, 0.3) is 0 Å². The summed E-state index contributed by atoms with van der Waals surface area (Å²) in [7, 11) is 0. The SMILES string of the molecule is Cc1ccc([C@@H]2Cn3nnc(C(=O)NCc4ccc(F)cc4)c3CO2)cc1. The number of fused-ring (bicyclic) bond motifs is 1. The quantitative estimate of drug-likeness (QED) is 0.771. The Labute approximate surface area is 156 Å². The highest BCUT2D eigenvalue weighted by molar-refractivity contribution is 5.93. The first-order chi connectivity index (χ1) is 13.1. The number of hydrogen-bond acceptors (Lipinski definition) is 4. The molecule has 7 heteroatoms. The Balaban J connectivity index is 1.43. The van der Waals surface area contributed by atoms with Crippen LogP contribution >= 0.6 is 0 Å². The van der Waals surface area contributed by atoms with Crippen molar-refractivity contribution >= 4 is 5.91 Å². The molecule has 3 aromatic rings. The van der Waals surface area contributed by atoms with Gasteiger partial charge in [-0.1, -0.05) is 47.2 Å². The van der Waals surface area contributed by atoms with E-state index < -0.39 is 0 Å². The molecule has 4 rings (SSSR count). The van der Waals surface area contributed by atoms with E-state index in [4.69, 9.17) is 4.74 Å². The van der Waals surface area contributed by atoms with Crippen LogP contribution in [0.1, 0.15) is 39.0 Å². The number of nitrogens with one attached hydrogen (secondary N) is 1. The number of amides is 1. The van der Waals surface area contributed by atoms with E-state index in [0.29, 0.717) is 12.2 Å². The van der Waals surface area contributed by atoms with E-state index in [2.05, 4.69) is 15.6 Å². The Bertz CT molecular complexity index is 951. The predicted molar refractivity (Wildman–Crippen MR) is 96.3 cm³/mol. The fourth-order valence-corrected chi connectivity index (χ4v) is 3.04. The molecular weight excluding hydrogens is 347 g/mol. The lowest BCUT2D eigenvalue weighted by Gasteiger charge is -2.24. The Morgan fingerprint density at radius 2 is 1.96 bits per heavy atom. The highest BCUT2D eigenvalue weighted by Crippen LogP contribution is 2.27. The number of halogens is 1. The van der Waals surface area contributed by atoms with Gasteiger partial charge in [-0.3, -0.25) is 4.79 Å². The molecule has 2 aromatic carbocycles. The third kappa shape index (κ3) is 3.73. The van der Waals surface area contributed by atoms with Crippen LogP contribution < -0.4 is 5.32 Å². The molecule has 0 saturated heterocycles. The number of aryl methyl sites for hydroxylation is 1. The zero-order chi connectivity index (χ0) is 18.8. The first kappa shape index (κ1) is 17.4. The highest BCUT2D eigenvalue weighted by atomic mass is 19.1. The van der Waals surface area contributed by atoms with Crippen LogP contribution in [0, 0.1) is 12.7 Å². The predicted octanol–water partition coefficient (Wildman–Crippen LogP) is 2.93. The van der Waals surface area contributed by atoms with Crippen molar-refractivity contribution in [3.63, 3.8) is 0 Å². The number of carbonyl (C=O) groups excluding carboxylic acids is 1. The smallest absolute Gasteiger partial charge is 0.274 e. The van der Waals surface area contributed by atoms with Crippen molar-refractivity contribution in [3.05, 3.63) is 82.4 Å². The minimum atomic E-state index is -0.321. The highest BCUT2D eigenvalue weighted by Gasteiger charge is 2.27. The topological polar surface area (TPSA) is 69.0 Å². The Morgan fingerprint density at radius 1 is 1.22 bits per heavy atom. The van der Waals surface area contributed by atoms with Crippen molar-refractivity contribution in [2.24, 2.45) is 0 Å².